The van der Waals surface area contributed by atoms with Crippen LogP contribution in [-0.4, -0.2) is 15.0 Å². The van der Waals surface area contributed by atoms with Gasteiger partial charge in [-0.3, -0.25) is 0 Å². The van der Waals surface area contributed by atoms with E-state index in [1.165, 1.54) is 43.4 Å². The van der Waals surface area contributed by atoms with Gasteiger partial charge in [0.25, 0.3) is 0 Å². The summed E-state index contributed by atoms with van der Waals surface area (Å²) in [5.74, 6) is 1.90. The van der Waals surface area contributed by atoms with Crippen molar-refractivity contribution in [2.75, 3.05) is 0 Å². The lowest BCUT2D eigenvalue weighted by molar-refractivity contribution is 0.669. The Bertz CT molecular complexity index is 3630. The molecule has 61 heavy (non-hydrogen) atoms. The first-order valence-electron chi connectivity index (χ1n) is 20.6. The summed E-state index contributed by atoms with van der Waals surface area (Å²) in [4.78, 5) is 15.2. The number of para-hydroxylation sites is 1. The molecule has 284 valence electrons. The molecule has 2 aromatic heterocycles. The summed E-state index contributed by atoms with van der Waals surface area (Å²) in [5.41, 5.74) is 11.4. The van der Waals surface area contributed by atoms with Crippen LogP contribution in [0.1, 0.15) is 0 Å². The highest BCUT2D eigenvalue weighted by Gasteiger charge is 2.17. The zero-order valence-corrected chi connectivity index (χ0v) is 33.0. The smallest absolute Gasteiger partial charge is 0.164 e. The molecule has 0 fully saturated rings. The van der Waals surface area contributed by atoms with Crippen LogP contribution in [0.25, 0.3) is 122 Å². The highest BCUT2D eigenvalue weighted by Crippen LogP contribution is 2.43. The Morgan fingerprint density at radius 3 is 1.48 bits per heavy atom. The third-order valence-electron chi connectivity index (χ3n) is 11.9. The number of benzene rings is 10. The molecule has 0 saturated heterocycles. The molecule has 0 aliphatic carbocycles. The van der Waals surface area contributed by atoms with Crippen LogP contribution in [0, 0.1) is 0 Å². The van der Waals surface area contributed by atoms with E-state index in [9.17, 15) is 0 Å². The third-order valence-corrected chi connectivity index (χ3v) is 11.9. The number of furan rings is 1. The molecule has 0 aliphatic heterocycles. The summed E-state index contributed by atoms with van der Waals surface area (Å²) in [6, 6.07) is 74.7. The topological polar surface area (TPSA) is 51.8 Å². The summed E-state index contributed by atoms with van der Waals surface area (Å²) in [5, 5.41) is 9.59. The van der Waals surface area contributed by atoms with Gasteiger partial charge in [-0.2, -0.15) is 0 Å². The zero-order chi connectivity index (χ0) is 40.3. The Balaban J connectivity index is 0.988. The Hall–Kier alpha value is -8.21. The second-order valence-electron chi connectivity index (χ2n) is 15.5. The van der Waals surface area contributed by atoms with Gasteiger partial charge in [-0.25, -0.2) is 15.0 Å². The van der Waals surface area contributed by atoms with E-state index in [4.69, 9.17) is 19.4 Å². The van der Waals surface area contributed by atoms with Crippen molar-refractivity contribution in [3.05, 3.63) is 212 Å². The first kappa shape index (κ1) is 34.8. The predicted molar refractivity (Wildman–Crippen MR) is 252 cm³/mol. The molecule has 0 unspecified atom stereocenters. The molecular formula is C57H35N3O. The van der Waals surface area contributed by atoms with Crippen molar-refractivity contribution in [1.29, 1.82) is 0 Å². The Morgan fingerprint density at radius 1 is 0.246 bits per heavy atom. The van der Waals surface area contributed by atoms with E-state index in [1.807, 2.05) is 48.5 Å². The van der Waals surface area contributed by atoms with Crippen molar-refractivity contribution >= 4 is 54.3 Å². The van der Waals surface area contributed by atoms with Crippen LogP contribution in [0.2, 0.25) is 0 Å². The molecule has 12 rings (SSSR count). The highest BCUT2D eigenvalue weighted by atomic mass is 16.3. The van der Waals surface area contributed by atoms with Gasteiger partial charge in [0, 0.05) is 27.5 Å². The fourth-order valence-electron chi connectivity index (χ4n) is 8.95. The lowest BCUT2D eigenvalue weighted by Gasteiger charge is -2.16. The van der Waals surface area contributed by atoms with Gasteiger partial charge < -0.3 is 4.42 Å². The summed E-state index contributed by atoms with van der Waals surface area (Å²) < 4.78 is 6.36. The van der Waals surface area contributed by atoms with Gasteiger partial charge in [-0.05, 0) is 96.0 Å². The molecule has 0 aliphatic rings. The Kier molecular flexibility index (Phi) is 8.13. The third kappa shape index (κ3) is 6.04. The zero-order valence-electron chi connectivity index (χ0n) is 33.0. The maximum atomic E-state index is 6.36. The highest BCUT2D eigenvalue weighted by molar-refractivity contribution is 6.29. The number of hydrogen-bond acceptors (Lipinski definition) is 4. The summed E-state index contributed by atoms with van der Waals surface area (Å²) >= 11 is 0. The van der Waals surface area contributed by atoms with Crippen LogP contribution in [-0.2, 0) is 0 Å². The molecule has 10 aromatic carbocycles. The molecular weight excluding hydrogens is 743 g/mol. The summed E-state index contributed by atoms with van der Waals surface area (Å²) in [6.07, 6.45) is 0. The van der Waals surface area contributed by atoms with E-state index in [2.05, 4.69) is 164 Å². The first-order valence-corrected chi connectivity index (χ1v) is 20.6. The largest absolute Gasteiger partial charge is 0.456 e. The number of aromatic nitrogens is 3. The first-order chi connectivity index (χ1) is 30.2. The van der Waals surface area contributed by atoms with Gasteiger partial charge in [0.2, 0.25) is 0 Å². The van der Waals surface area contributed by atoms with Gasteiger partial charge >= 0.3 is 0 Å². The van der Waals surface area contributed by atoms with E-state index in [1.54, 1.807) is 0 Å². The van der Waals surface area contributed by atoms with Crippen LogP contribution in [0.5, 0.6) is 0 Å². The normalized spacial score (nSPS) is 11.6. The van der Waals surface area contributed by atoms with Gasteiger partial charge in [0.05, 0.1) is 0 Å². The minimum Gasteiger partial charge on any atom is -0.456 e. The standard InChI is InChI=1S/C57H35N3O/c1-3-13-36(14-4-1)37-25-27-39(28-26-37)56-58-55(38-15-5-2-6-16-38)59-57(60-56)43-18-11-17-40(33-43)41-29-32-50-51(34-41)46-20-8-7-19-45(46)49-23-12-22-44(54(49)50)42-30-31-48-47-21-9-10-24-52(47)61-53(48)35-42/h1-35H. The Morgan fingerprint density at radius 2 is 0.705 bits per heavy atom. The van der Waals surface area contributed by atoms with Crippen LogP contribution >= 0.6 is 0 Å². The number of hydrogen-bond donors (Lipinski definition) is 0. The molecule has 0 amide bonds. The second kappa shape index (κ2) is 14.3. The molecule has 0 atom stereocenters. The maximum absolute atomic E-state index is 6.36. The number of fused-ring (bicyclic) bond motifs is 9. The monoisotopic (exact) mass is 777 g/mol. The fraction of sp³-hybridized carbons (Fsp3) is 0. The van der Waals surface area contributed by atoms with Crippen LogP contribution in [0.15, 0.2) is 217 Å². The van der Waals surface area contributed by atoms with E-state index in [-0.39, 0.29) is 0 Å². The number of nitrogens with zero attached hydrogens (tertiary/aromatic N) is 3. The molecule has 4 nitrogen and oxygen atoms in total. The average Bonchev–Trinajstić information content (AvgIpc) is 3.72. The average molecular weight is 778 g/mol. The SMILES string of the molecule is c1ccc(-c2ccc(-c3nc(-c4ccccc4)nc(-c4cccc(-c5ccc6c(c5)c5ccccc5c5cccc(-c7ccc8c(c7)oc7ccccc78)c56)c4)n3)cc2)cc1. The van der Waals surface area contributed by atoms with Gasteiger partial charge in [0.15, 0.2) is 17.5 Å². The van der Waals surface area contributed by atoms with Gasteiger partial charge in [-0.1, -0.05) is 182 Å². The second-order valence-corrected chi connectivity index (χ2v) is 15.5. The number of rotatable bonds is 6. The summed E-state index contributed by atoms with van der Waals surface area (Å²) in [6.45, 7) is 0. The molecule has 2 heterocycles. The molecule has 0 saturated carbocycles. The maximum Gasteiger partial charge on any atom is 0.164 e. The molecule has 0 radical (unpaired) electrons. The Labute approximate surface area is 352 Å². The van der Waals surface area contributed by atoms with E-state index >= 15 is 0 Å². The van der Waals surface area contributed by atoms with E-state index in [0.717, 1.165) is 60.9 Å². The van der Waals surface area contributed by atoms with Crippen molar-refractivity contribution < 1.29 is 4.42 Å². The van der Waals surface area contributed by atoms with Crippen molar-refractivity contribution in [3.8, 4) is 67.5 Å². The van der Waals surface area contributed by atoms with Gasteiger partial charge in [0.1, 0.15) is 11.2 Å². The quantitative estimate of drug-likeness (QED) is 0.158. The predicted octanol–water partition coefficient (Wildman–Crippen LogP) is 15.2. The fourth-order valence-corrected chi connectivity index (χ4v) is 8.95. The molecule has 4 heteroatoms. The van der Waals surface area contributed by atoms with Crippen molar-refractivity contribution in [2.24, 2.45) is 0 Å². The van der Waals surface area contributed by atoms with E-state index in [0.29, 0.717) is 17.5 Å². The van der Waals surface area contributed by atoms with Gasteiger partial charge in [-0.15, -0.1) is 0 Å². The molecule has 0 bridgehead atoms. The molecule has 0 spiro atoms. The summed E-state index contributed by atoms with van der Waals surface area (Å²) in [7, 11) is 0. The minimum absolute atomic E-state index is 0.626. The lowest BCUT2D eigenvalue weighted by atomic mass is 9.88. The van der Waals surface area contributed by atoms with Crippen LogP contribution in [0.3, 0.4) is 0 Å². The van der Waals surface area contributed by atoms with Crippen molar-refractivity contribution in [3.63, 3.8) is 0 Å². The van der Waals surface area contributed by atoms with Crippen molar-refractivity contribution in [1.82, 2.24) is 15.0 Å². The van der Waals surface area contributed by atoms with Crippen LogP contribution in [0.4, 0.5) is 0 Å². The lowest BCUT2D eigenvalue weighted by Crippen LogP contribution is -2.00. The minimum atomic E-state index is 0.626. The molecule has 12 aromatic rings. The van der Waals surface area contributed by atoms with Crippen molar-refractivity contribution in [2.45, 2.75) is 0 Å². The molecule has 0 N–H and O–H groups in total. The van der Waals surface area contributed by atoms with E-state index < -0.39 is 0 Å². The van der Waals surface area contributed by atoms with Crippen LogP contribution < -0.4 is 0 Å².